The number of amides is 1. The molecule has 2 rings (SSSR count). The second-order valence-electron chi connectivity index (χ2n) is 4.71. The van der Waals surface area contributed by atoms with E-state index in [-0.39, 0.29) is 5.91 Å². The molecule has 1 aliphatic heterocycles. The third kappa shape index (κ3) is 4.47. The van der Waals surface area contributed by atoms with Crippen LogP contribution in [0.1, 0.15) is 28.1 Å². The molecule has 6 heteroatoms. The summed E-state index contributed by atoms with van der Waals surface area (Å²) in [4.78, 5) is 25.4. The van der Waals surface area contributed by atoms with Gasteiger partial charge in [-0.3, -0.25) is 4.79 Å². The van der Waals surface area contributed by atoms with Gasteiger partial charge in [0.25, 0.3) is 5.91 Å². The highest BCUT2D eigenvalue weighted by Crippen LogP contribution is 2.16. The Kier molecular flexibility index (Phi) is 5.31. The molecular formula is C14H18N2O3S. The lowest BCUT2D eigenvalue weighted by Gasteiger charge is -2.14. The maximum absolute atomic E-state index is 11.9. The number of nitrogens with zero attached hydrogens (tertiary/aromatic N) is 1. The van der Waals surface area contributed by atoms with Crippen LogP contribution in [-0.4, -0.2) is 48.1 Å². The van der Waals surface area contributed by atoms with Crippen molar-refractivity contribution in [2.45, 2.75) is 12.8 Å². The normalized spacial score (nSPS) is 15.8. The van der Waals surface area contributed by atoms with Crippen molar-refractivity contribution in [2.75, 3.05) is 26.2 Å². The van der Waals surface area contributed by atoms with E-state index in [9.17, 15) is 9.59 Å². The molecule has 20 heavy (non-hydrogen) atoms. The Labute approximate surface area is 121 Å². The molecule has 0 atom stereocenters. The Morgan fingerprint density at radius 3 is 2.85 bits per heavy atom. The number of aliphatic carboxylic acids is 1. The average molecular weight is 294 g/mol. The molecule has 0 unspecified atom stereocenters. The van der Waals surface area contributed by atoms with Crippen molar-refractivity contribution >= 4 is 29.3 Å². The second-order valence-corrected chi connectivity index (χ2v) is 5.66. The third-order valence-corrected chi connectivity index (χ3v) is 4.08. The molecule has 5 nitrogen and oxygen atoms in total. The van der Waals surface area contributed by atoms with Gasteiger partial charge in [-0.2, -0.15) is 0 Å². The fraction of sp³-hybridized carbons (Fsp3) is 0.429. The van der Waals surface area contributed by atoms with Crippen LogP contribution < -0.4 is 5.32 Å². The first-order chi connectivity index (χ1) is 9.65. The van der Waals surface area contributed by atoms with Gasteiger partial charge in [0.2, 0.25) is 0 Å². The first-order valence-corrected chi connectivity index (χ1v) is 7.53. The monoisotopic (exact) mass is 294 g/mol. The van der Waals surface area contributed by atoms with Crippen LogP contribution in [0.15, 0.2) is 17.5 Å². The predicted molar refractivity (Wildman–Crippen MR) is 79.0 cm³/mol. The maximum atomic E-state index is 11.9. The van der Waals surface area contributed by atoms with E-state index in [1.54, 1.807) is 11.4 Å². The number of nitrogens with one attached hydrogen (secondary N) is 1. The summed E-state index contributed by atoms with van der Waals surface area (Å²) in [5.41, 5.74) is 0.585. The van der Waals surface area contributed by atoms with Gasteiger partial charge in [-0.15, -0.1) is 11.3 Å². The molecule has 0 radical (unpaired) electrons. The van der Waals surface area contributed by atoms with Crippen molar-refractivity contribution in [1.29, 1.82) is 0 Å². The second kappa shape index (κ2) is 7.21. The third-order valence-electron chi connectivity index (χ3n) is 3.18. The zero-order valence-corrected chi connectivity index (χ0v) is 12.0. The molecule has 1 amide bonds. The number of likely N-dealkylation sites (tertiary alicyclic amines) is 1. The first kappa shape index (κ1) is 14.7. The Morgan fingerprint density at radius 1 is 1.40 bits per heavy atom. The molecule has 0 spiro atoms. The van der Waals surface area contributed by atoms with E-state index >= 15 is 0 Å². The molecule has 0 aromatic carbocycles. The Morgan fingerprint density at radius 2 is 2.15 bits per heavy atom. The van der Waals surface area contributed by atoms with Gasteiger partial charge in [0.15, 0.2) is 0 Å². The standard InChI is InChI=1S/C14H18N2O3S/c17-13(18)4-3-12-9-11(10-20-12)14(19)15-5-8-16-6-1-2-7-16/h3-4,9-10H,1-2,5-8H2,(H,15,19)(H,17,18). The van der Waals surface area contributed by atoms with Crippen LogP contribution in [0.2, 0.25) is 0 Å². The average Bonchev–Trinajstić information content (AvgIpc) is 3.07. The Hall–Kier alpha value is -1.66. The van der Waals surface area contributed by atoms with Gasteiger partial charge in [-0.05, 0) is 38.1 Å². The molecule has 1 fully saturated rings. The Balaban J connectivity index is 1.78. The number of carboxylic acids is 1. The molecule has 0 aliphatic carbocycles. The summed E-state index contributed by atoms with van der Waals surface area (Å²) in [7, 11) is 0. The lowest BCUT2D eigenvalue weighted by molar-refractivity contribution is -0.131. The number of carbonyl (C=O) groups excluding carboxylic acids is 1. The first-order valence-electron chi connectivity index (χ1n) is 6.65. The number of carbonyl (C=O) groups is 2. The quantitative estimate of drug-likeness (QED) is 0.783. The summed E-state index contributed by atoms with van der Waals surface area (Å²) >= 11 is 1.36. The molecule has 1 aromatic heterocycles. The van der Waals surface area contributed by atoms with Crippen molar-refractivity contribution in [3.05, 3.63) is 28.0 Å². The lowest BCUT2D eigenvalue weighted by atomic mass is 10.3. The molecular weight excluding hydrogens is 276 g/mol. The molecule has 1 aromatic rings. The molecule has 2 N–H and O–H groups in total. The number of carboxylic acid groups (broad SMARTS) is 1. The zero-order chi connectivity index (χ0) is 14.4. The van der Waals surface area contributed by atoms with E-state index in [1.807, 2.05) is 0 Å². The SMILES string of the molecule is O=C(O)C=Cc1cc(C(=O)NCCN2CCCC2)cs1. The van der Waals surface area contributed by atoms with Gasteiger partial charge in [-0.1, -0.05) is 0 Å². The highest BCUT2D eigenvalue weighted by atomic mass is 32.1. The van der Waals surface area contributed by atoms with Crippen LogP contribution in [0.4, 0.5) is 0 Å². The van der Waals surface area contributed by atoms with Crippen molar-refractivity contribution in [1.82, 2.24) is 10.2 Å². The fourth-order valence-electron chi connectivity index (χ4n) is 2.15. The van der Waals surface area contributed by atoms with Gasteiger partial charge in [-0.25, -0.2) is 4.79 Å². The van der Waals surface area contributed by atoms with Gasteiger partial charge in [0.1, 0.15) is 0 Å². The van der Waals surface area contributed by atoms with Crippen LogP contribution in [0.3, 0.4) is 0 Å². The van der Waals surface area contributed by atoms with E-state index < -0.39 is 5.97 Å². The predicted octanol–water partition coefficient (Wildman–Crippen LogP) is 1.67. The number of thiophene rings is 1. The highest BCUT2D eigenvalue weighted by molar-refractivity contribution is 7.11. The van der Waals surface area contributed by atoms with Crippen LogP contribution >= 0.6 is 11.3 Å². The molecule has 0 bridgehead atoms. The van der Waals surface area contributed by atoms with Crippen LogP contribution in [0, 0.1) is 0 Å². The summed E-state index contributed by atoms with van der Waals surface area (Å²) in [6, 6.07) is 1.70. The molecule has 1 aliphatic rings. The van der Waals surface area contributed by atoms with Gasteiger partial charge >= 0.3 is 5.97 Å². The highest BCUT2D eigenvalue weighted by Gasteiger charge is 2.12. The lowest BCUT2D eigenvalue weighted by Crippen LogP contribution is -2.33. The fourth-order valence-corrected chi connectivity index (χ4v) is 2.93. The van der Waals surface area contributed by atoms with Crippen molar-refractivity contribution < 1.29 is 14.7 Å². The Bertz CT molecular complexity index is 504. The van der Waals surface area contributed by atoms with Crippen molar-refractivity contribution in [3.63, 3.8) is 0 Å². The molecule has 108 valence electrons. The molecule has 1 saturated heterocycles. The smallest absolute Gasteiger partial charge is 0.328 e. The summed E-state index contributed by atoms with van der Waals surface area (Å²) in [5, 5.41) is 13.2. The minimum atomic E-state index is -0.991. The van der Waals surface area contributed by atoms with Gasteiger partial charge in [0.05, 0.1) is 5.56 Å². The summed E-state index contributed by atoms with van der Waals surface area (Å²) < 4.78 is 0. The van der Waals surface area contributed by atoms with E-state index in [4.69, 9.17) is 5.11 Å². The maximum Gasteiger partial charge on any atom is 0.328 e. The van der Waals surface area contributed by atoms with Crippen LogP contribution in [-0.2, 0) is 4.79 Å². The van der Waals surface area contributed by atoms with Crippen LogP contribution in [0.25, 0.3) is 6.08 Å². The summed E-state index contributed by atoms with van der Waals surface area (Å²) in [6.07, 6.45) is 5.06. The minimum Gasteiger partial charge on any atom is -0.478 e. The minimum absolute atomic E-state index is 0.101. The number of rotatable bonds is 6. The number of hydrogen-bond donors (Lipinski definition) is 2. The van der Waals surface area contributed by atoms with Gasteiger partial charge in [0, 0.05) is 29.4 Å². The van der Waals surface area contributed by atoms with Crippen molar-refractivity contribution in [3.8, 4) is 0 Å². The summed E-state index contributed by atoms with van der Waals surface area (Å²) in [6.45, 7) is 3.79. The van der Waals surface area contributed by atoms with Gasteiger partial charge < -0.3 is 15.3 Å². The van der Waals surface area contributed by atoms with E-state index in [0.29, 0.717) is 12.1 Å². The van der Waals surface area contributed by atoms with E-state index in [2.05, 4.69) is 10.2 Å². The summed E-state index contributed by atoms with van der Waals surface area (Å²) in [5.74, 6) is -1.09. The molecule has 2 heterocycles. The zero-order valence-electron chi connectivity index (χ0n) is 11.2. The van der Waals surface area contributed by atoms with E-state index in [1.165, 1.54) is 30.3 Å². The molecule has 0 saturated carbocycles. The van der Waals surface area contributed by atoms with Crippen molar-refractivity contribution in [2.24, 2.45) is 0 Å². The van der Waals surface area contributed by atoms with Crippen LogP contribution in [0.5, 0.6) is 0 Å². The van der Waals surface area contributed by atoms with E-state index in [0.717, 1.165) is 30.6 Å². The largest absolute Gasteiger partial charge is 0.478 e. The topological polar surface area (TPSA) is 69.6 Å². The number of hydrogen-bond acceptors (Lipinski definition) is 4.